The number of unbranched alkanes of at least 4 members (excludes halogenated alkanes) is 4. The first kappa shape index (κ1) is 46.7. The lowest BCUT2D eigenvalue weighted by atomic mass is 10.1. The minimum Gasteiger partial charge on any atom is -0.359 e. The number of amides is 4. The maximum atomic E-state index is 12.7. The maximum Gasteiger partial charge on any atom is 0.263 e. The van der Waals surface area contributed by atoms with Crippen molar-refractivity contribution in [3.63, 3.8) is 0 Å². The predicted octanol–water partition coefficient (Wildman–Crippen LogP) is 7.46. The second-order valence-electron chi connectivity index (χ2n) is 15.4. The Hall–Kier alpha value is -7.32. The molecule has 0 aliphatic rings. The number of fused-ring (bicyclic) bond motifs is 1. The number of aromatic amines is 3. The number of carbonyl (C=O) groups is 4. The van der Waals surface area contributed by atoms with Crippen LogP contribution in [0.5, 0.6) is 0 Å². The molecule has 0 aliphatic heterocycles. The average Bonchev–Trinajstić information content (AvgIpc) is 4.21. The van der Waals surface area contributed by atoms with Gasteiger partial charge in [0, 0.05) is 50.3 Å². The topological polar surface area (TPSA) is 246 Å². The van der Waals surface area contributed by atoms with Gasteiger partial charge in [0.1, 0.15) is 21.4 Å². The third kappa shape index (κ3) is 12.9. The maximum absolute atomic E-state index is 12.7. The molecule has 0 saturated heterocycles. The molecule has 7 N–H and O–H groups in total. The quantitative estimate of drug-likeness (QED) is 0.0351. The fraction of sp³-hybridized carbons (Fsp3) is 0.304. The van der Waals surface area contributed by atoms with Crippen LogP contribution in [0.4, 0.5) is 0 Å². The van der Waals surface area contributed by atoms with E-state index in [1.54, 1.807) is 67.0 Å². The van der Waals surface area contributed by atoms with Crippen LogP contribution in [0.25, 0.3) is 39.1 Å². The molecule has 0 spiro atoms. The number of benzene rings is 2. The largest absolute Gasteiger partial charge is 0.359 e. The van der Waals surface area contributed by atoms with E-state index in [0.717, 1.165) is 77.6 Å². The van der Waals surface area contributed by atoms with Crippen LogP contribution >= 0.6 is 22.7 Å². The molecule has 342 valence electrons. The smallest absolute Gasteiger partial charge is 0.263 e. The van der Waals surface area contributed by atoms with Gasteiger partial charge in [0.05, 0.1) is 76.7 Å². The third-order valence-corrected chi connectivity index (χ3v) is 12.4. The van der Waals surface area contributed by atoms with Gasteiger partial charge in [-0.15, -0.1) is 22.7 Å². The van der Waals surface area contributed by atoms with Crippen molar-refractivity contribution in [2.75, 3.05) is 14.1 Å². The molecule has 0 fully saturated rings. The number of carbonyl (C=O) groups excluding carboxylic acids is 4. The lowest BCUT2D eigenvalue weighted by Gasteiger charge is -2.16. The van der Waals surface area contributed by atoms with Crippen LogP contribution in [0.3, 0.4) is 0 Å². The van der Waals surface area contributed by atoms with Gasteiger partial charge in [0.2, 0.25) is 11.8 Å². The van der Waals surface area contributed by atoms with Crippen molar-refractivity contribution in [2.45, 2.75) is 76.3 Å². The van der Waals surface area contributed by atoms with Crippen molar-refractivity contribution >= 4 is 57.2 Å². The average molecular weight is 929 g/mol. The third-order valence-electron chi connectivity index (χ3n) is 10.8. The Morgan fingerprint density at radius 2 is 1.23 bits per heavy atom. The van der Waals surface area contributed by atoms with Gasteiger partial charge in [-0.3, -0.25) is 34.2 Å². The second-order valence-corrected chi connectivity index (χ2v) is 17.1. The summed E-state index contributed by atoms with van der Waals surface area (Å²) in [4.78, 5) is 73.2. The van der Waals surface area contributed by atoms with E-state index in [1.807, 2.05) is 54.7 Å². The van der Waals surface area contributed by atoms with E-state index in [2.05, 4.69) is 66.5 Å². The highest BCUT2D eigenvalue weighted by Gasteiger charge is 2.22. The van der Waals surface area contributed by atoms with E-state index in [4.69, 9.17) is 0 Å². The number of hydrogen-bond donors (Lipinski definition) is 7. The monoisotopic (exact) mass is 928 g/mol. The Labute approximate surface area is 388 Å². The summed E-state index contributed by atoms with van der Waals surface area (Å²) in [6.07, 6.45) is 19.7. The summed E-state index contributed by atoms with van der Waals surface area (Å²) in [7, 11) is 3.29. The molecule has 6 heterocycles. The summed E-state index contributed by atoms with van der Waals surface area (Å²) in [6.45, 7) is 0. The molecule has 8 aromatic rings. The Bertz CT molecular complexity index is 2740. The number of imidazole rings is 2. The Morgan fingerprint density at radius 1 is 0.667 bits per heavy atom. The van der Waals surface area contributed by atoms with E-state index in [1.165, 1.54) is 22.7 Å². The van der Waals surface area contributed by atoms with Gasteiger partial charge in [-0.2, -0.15) is 10.2 Å². The second kappa shape index (κ2) is 23.6. The van der Waals surface area contributed by atoms with Gasteiger partial charge in [0.15, 0.2) is 0 Å². The zero-order valence-electron chi connectivity index (χ0n) is 36.6. The molecule has 0 bridgehead atoms. The molecule has 2 aromatic carbocycles. The van der Waals surface area contributed by atoms with Crippen LogP contribution in [0, 0.1) is 0 Å². The molecule has 0 unspecified atom stereocenters. The van der Waals surface area contributed by atoms with Crippen LogP contribution in [-0.4, -0.2) is 87.6 Å². The van der Waals surface area contributed by atoms with Gasteiger partial charge in [0.25, 0.3) is 11.8 Å². The number of aromatic nitrogens is 10. The van der Waals surface area contributed by atoms with Crippen LogP contribution in [-0.2, 0) is 9.59 Å². The molecule has 4 amide bonds. The molecule has 8 rings (SSSR count). The fourth-order valence-electron chi connectivity index (χ4n) is 7.19. The molecule has 0 aliphatic carbocycles. The Morgan fingerprint density at radius 3 is 1.74 bits per heavy atom. The van der Waals surface area contributed by atoms with Gasteiger partial charge >= 0.3 is 0 Å². The fourth-order valence-corrected chi connectivity index (χ4v) is 8.23. The van der Waals surface area contributed by atoms with Crippen molar-refractivity contribution in [1.29, 1.82) is 0 Å². The number of H-pyrrole nitrogens is 3. The highest BCUT2D eigenvalue weighted by atomic mass is 32.1. The zero-order valence-corrected chi connectivity index (χ0v) is 38.3. The van der Waals surface area contributed by atoms with Gasteiger partial charge in [-0.25, -0.2) is 14.6 Å². The molecule has 66 heavy (non-hydrogen) atoms. The van der Waals surface area contributed by atoms with Gasteiger partial charge < -0.3 is 31.2 Å². The Kier molecular flexibility index (Phi) is 16.7. The molecule has 18 nitrogen and oxygen atoms in total. The number of hydrogen-bond acceptors (Lipinski definition) is 12. The van der Waals surface area contributed by atoms with E-state index >= 15 is 0 Å². The van der Waals surface area contributed by atoms with Crippen molar-refractivity contribution in [1.82, 2.24) is 71.1 Å². The lowest BCUT2D eigenvalue weighted by molar-refractivity contribution is -0.121. The van der Waals surface area contributed by atoms with Gasteiger partial charge in [-0.05, 0) is 61.6 Å². The number of nitrogens with zero attached hydrogens (tertiary/aromatic N) is 7. The van der Waals surface area contributed by atoms with Crippen LogP contribution in [0.1, 0.15) is 107 Å². The minimum absolute atomic E-state index is 0.0456. The van der Waals surface area contributed by atoms with Crippen LogP contribution in [0.2, 0.25) is 0 Å². The summed E-state index contributed by atoms with van der Waals surface area (Å²) in [6, 6.07) is 15.4. The van der Waals surface area contributed by atoms with E-state index in [0.29, 0.717) is 47.1 Å². The van der Waals surface area contributed by atoms with Crippen LogP contribution in [0.15, 0.2) is 103 Å². The molecule has 6 aromatic heterocycles. The molecule has 0 saturated carbocycles. The van der Waals surface area contributed by atoms with Crippen LogP contribution < -0.4 is 21.3 Å². The van der Waals surface area contributed by atoms with E-state index < -0.39 is 0 Å². The summed E-state index contributed by atoms with van der Waals surface area (Å²) >= 11 is 2.61. The molecular formula is C46H52N14O4S2. The number of nitrogens with one attached hydrogen (secondary N) is 7. The standard InChI is InChI=1S/C24H27N7O2S.C22H25N7O2S/c1-25-22(32)7-4-2-3-6-19(30-24(33)21-15-26-16-34-21)23-27-14-20(29-23)17-8-10-18(11-9-17)31-13-5-12-28-31;1-23-20(30)6-4-2-3-5-17(28-22(31)19-12-24-13-32-19)21-25-11-18(27-21)14-7-8-16-15(9-14)10-26-29-16/h5,8-16,19H,2-4,6-7H2,1H3,(H,25,32)(H,27,29)(H,30,33);7-13,17H,2-6H2,1H3,(H,23,30)(H,25,27)(H,26,29)(H,28,31)/t19-;17-/m00/s1. The molecule has 2 atom stereocenters. The summed E-state index contributed by atoms with van der Waals surface area (Å²) in [5.74, 6) is 1.17. The highest BCUT2D eigenvalue weighted by molar-refractivity contribution is 7.12. The predicted molar refractivity (Wildman–Crippen MR) is 254 cm³/mol. The number of rotatable bonds is 21. The normalized spacial score (nSPS) is 11.9. The summed E-state index contributed by atoms with van der Waals surface area (Å²) < 4.78 is 1.80. The Balaban J connectivity index is 0.000000197. The lowest BCUT2D eigenvalue weighted by Crippen LogP contribution is -2.28. The number of thiazole rings is 2. The first-order valence-corrected chi connectivity index (χ1v) is 23.5. The van der Waals surface area contributed by atoms with Crippen molar-refractivity contribution in [3.05, 3.63) is 124 Å². The minimum atomic E-state index is -0.272. The zero-order chi connectivity index (χ0) is 46.1. The molecule has 20 heteroatoms. The first-order chi connectivity index (χ1) is 32.3. The van der Waals surface area contributed by atoms with E-state index in [-0.39, 0.29) is 35.7 Å². The molecule has 0 radical (unpaired) electrons. The van der Waals surface area contributed by atoms with E-state index in [9.17, 15) is 19.2 Å². The van der Waals surface area contributed by atoms with Crippen molar-refractivity contribution < 1.29 is 19.2 Å². The summed E-state index contributed by atoms with van der Waals surface area (Å²) in [5.41, 5.74) is 8.96. The highest BCUT2D eigenvalue weighted by Crippen LogP contribution is 2.27. The van der Waals surface area contributed by atoms with Crippen molar-refractivity contribution in [3.8, 4) is 28.2 Å². The SMILES string of the molecule is CNC(=O)CCCCC[C@H](NC(=O)c1cncs1)c1ncc(-c2ccc(-n3cccn3)cc2)[nH]1.CNC(=O)CCCCC[C@H](NC(=O)c1cncs1)c1ncc(-c2ccc3[nH]ncc3c2)[nH]1. The van der Waals surface area contributed by atoms with Gasteiger partial charge in [-0.1, -0.05) is 43.9 Å². The first-order valence-electron chi connectivity index (χ1n) is 21.7. The van der Waals surface area contributed by atoms with Crippen molar-refractivity contribution in [2.24, 2.45) is 0 Å². The molecular weight excluding hydrogens is 877 g/mol. The summed E-state index contributed by atoms with van der Waals surface area (Å²) in [5, 5.41) is 23.7.